The van der Waals surface area contributed by atoms with Crippen molar-refractivity contribution in [3.05, 3.63) is 0 Å². The van der Waals surface area contributed by atoms with E-state index in [4.69, 9.17) is 5.21 Å². The number of nitrogens with one attached hydrogen (secondary N) is 3. The molecule has 1 saturated heterocycles. The van der Waals surface area contributed by atoms with Crippen molar-refractivity contribution < 1.29 is 19.6 Å². The summed E-state index contributed by atoms with van der Waals surface area (Å²) in [4.78, 5) is 37.8. The average molecular weight is 328 g/mol. The molecule has 1 fully saturated rings. The number of unbranched alkanes of at least 4 members (excludes halogenated alkanes) is 2. The van der Waals surface area contributed by atoms with Gasteiger partial charge in [-0.15, -0.1) is 0 Å². The van der Waals surface area contributed by atoms with Crippen LogP contribution in [0.25, 0.3) is 0 Å². The van der Waals surface area contributed by atoms with Gasteiger partial charge in [-0.3, -0.25) is 14.8 Å². The third kappa shape index (κ3) is 5.80. The maximum absolute atomic E-state index is 12.9. The highest BCUT2D eigenvalue weighted by Gasteiger charge is 2.36. The van der Waals surface area contributed by atoms with Crippen LogP contribution in [0.2, 0.25) is 0 Å². The summed E-state index contributed by atoms with van der Waals surface area (Å²) in [5, 5.41) is 14.4. The lowest BCUT2D eigenvalue weighted by Gasteiger charge is -2.36. The predicted molar refractivity (Wildman–Crippen MR) is 85.0 cm³/mol. The molecule has 132 valence electrons. The molecule has 0 aromatic carbocycles. The first-order valence-electron chi connectivity index (χ1n) is 8.20. The lowest BCUT2D eigenvalue weighted by Crippen LogP contribution is -2.60. The Bertz CT molecular complexity index is 416. The number of carbonyl (C=O) groups is 3. The third-order valence-corrected chi connectivity index (χ3v) is 4.16. The molecule has 2 atom stereocenters. The Kier molecular flexibility index (Phi) is 8.57. The first kappa shape index (κ1) is 19.4. The number of rotatable bonds is 8. The quantitative estimate of drug-likeness (QED) is 0.290. The Hall–Kier alpha value is -1.67. The lowest BCUT2D eigenvalue weighted by molar-refractivity contribution is -0.136. The normalized spacial score (nSPS) is 19.1. The Morgan fingerprint density at radius 2 is 2.09 bits per heavy atom. The Balaban J connectivity index is 2.81. The summed E-state index contributed by atoms with van der Waals surface area (Å²) in [7, 11) is 1.53. The molecular weight excluding hydrogens is 300 g/mol. The zero-order valence-corrected chi connectivity index (χ0v) is 13.9. The van der Waals surface area contributed by atoms with Gasteiger partial charge in [0.2, 0.25) is 5.91 Å². The zero-order valence-electron chi connectivity index (χ0n) is 13.9. The Labute approximate surface area is 136 Å². The molecule has 1 aliphatic heterocycles. The lowest BCUT2D eigenvalue weighted by atomic mass is 9.88. The van der Waals surface area contributed by atoms with Crippen molar-refractivity contribution in [1.29, 1.82) is 0 Å². The fourth-order valence-electron chi connectivity index (χ4n) is 2.87. The summed E-state index contributed by atoms with van der Waals surface area (Å²) >= 11 is 0. The molecule has 0 aliphatic carbocycles. The number of hydrogen-bond acceptors (Lipinski definition) is 5. The van der Waals surface area contributed by atoms with Gasteiger partial charge < -0.3 is 15.5 Å². The van der Waals surface area contributed by atoms with Crippen LogP contribution in [0.4, 0.5) is 4.79 Å². The summed E-state index contributed by atoms with van der Waals surface area (Å²) < 4.78 is 0. The van der Waals surface area contributed by atoms with Gasteiger partial charge in [0, 0.05) is 39.0 Å². The molecular formula is C15H28N4O4. The molecule has 1 heterocycles. The highest BCUT2D eigenvalue weighted by atomic mass is 16.5. The van der Waals surface area contributed by atoms with Gasteiger partial charge in [-0.1, -0.05) is 26.2 Å². The molecule has 0 aromatic heterocycles. The van der Waals surface area contributed by atoms with E-state index in [9.17, 15) is 14.4 Å². The van der Waals surface area contributed by atoms with Crippen LogP contribution in [0.1, 0.15) is 39.0 Å². The predicted octanol–water partition coefficient (Wildman–Crippen LogP) is 0.261. The molecule has 1 aliphatic rings. The van der Waals surface area contributed by atoms with Crippen LogP contribution < -0.4 is 16.1 Å². The van der Waals surface area contributed by atoms with Gasteiger partial charge in [-0.05, 0) is 6.42 Å². The Morgan fingerprint density at radius 3 is 2.70 bits per heavy atom. The van der Waals surface area contributed by atoms with E-state index >= 15 is 0 Å². The fourth-order valence-corrected chi connectivity index (χ4v) is 2.87. The number of carbonyl (C=O) groups excluding carboxylic acids is 3. The van der Waals surface area contributed by atoms with Gasteiger partial charge in [0.05, 0.1) is 0 Å². The van der Waals surface area contributed by atoms with Crippen LogP contribution in [0.5, 0.6) is 0 Å². The molecule has 8 nitrogen and oxygen atoms in total. The third-order valence-electron chi connectivity index (χ3n) is 4.16. The summed E-state index contributed by atoms with van der Waals surface area (Å²) in [5.74, 6) is -1.19. The monoisotopic (exact) mass is 328 g/mol. The van der Waals surface area contributed by atoms with Gasteiger partial charge in [0.25, 0.3) is 0 Å². The highest BCUT2D eigenvalue weighted by Crippen LogP contribution is 2.20. The van der Waals surface area contributed by atoms with E-state index in [1.54, 1.807) is 5.48 Å². The van der Waals surface area contributed by atoms with Crippen molar-refractivity contribution in [2.24, 2.45) is 5.92 Å². The van der Waals surface area contributed by atoms with Crippen LogP contribution in [-0.4, -0.2) is 60.6 Å². The second kappa shape index (κ2) is 10.2. The number of hydrogen-bond donors (Lipinski definition) is 4. The average Bonchev–Trinajstić information content (AvgIpc) is 2.59. The van der Waals surface area contributed by atoms with Crippen molar-refractivity contribution in [2.45, 2.75) is 45.1 Å². The number of ketones is 1. The van der Waals surface area contributed by atoms with Crippen LogP contribution in [-0.2, 0) is 9.59 Å². The second-order valence-corrected chi connectivity index (χ2v) is 5.80. The van der Waals surface area contributed by atoms with Gasteiger partial charge in [-0.2, -0.15) is 0 Å². The number of nitrogens with zero attached hydrogens (tertiary/aromatic N) is 1. The van der Waals surface area contributed by atoms with Crippen LogP contribution >= 0.6 is 0 Å². The van der Waals surface area contributed by atoms with E-state index in [0.29, 0.717) is 26.1 Å². The van der Waals surface area contributed by atoms with E-state index in [2.05, 4.69) is 17.6 Å². The minimum absolute atomic E-state index is 0.0584. The summed E-state index contributed by atoms with van der Waals surface area (Å²) in [6.07, 6.45) is 3.36. The molecule has 0 radical (unpaired) electrons. The van der Waals surface area contributed by atoms with Gasteiger partial charge in [-0.25, -0.2) is 10.3 Å². The van der Waals surface area contributed by atoms with Crippen molar-refractivity contribution >= 4 is 17.7 Å². The summed E-state index contributed by atoms with van der Waals surface area (Å²) in [6, 6.07) is -0.870. The molecule has 3 amide bonds. The number of urea groups is 1. The molecule has 0 saturated carbocycles. The van der Waals surface area contributed by atoms with E-state index in [1.165, 1.54) is 11.9 Å². The molecule has 8 heteroatoms. The van der Waals surface area contributed by atoms with Crippen LogP contribution in [0, 0.1) is 5.92 Å². The van der Waals surface area contributed by atoms with E-state index < -0.39 is 17.9 Å². The van der Waals surface area contributed by atoms with E-state index in [1.807, 2.05) is 0 Å². The van der Waals surface area contributed by atoms with Gasteiger partial charge in [0.15, 0.2) is 5.78 Å². The maximum atomic E-state index is 12.9. The van der Waals surface area contributed by atoms with Crippen molar-refractivity contribution in [3.8, 4) is 0 Å². The fraction of sp³-hybridized carbons (Fsp3) is 0.800. The molecule has 0 unspecified atom stereocenters. The molecule has 0 spiro atoms. The van der Waals surface area contributed by atoms with Crippen molar-refractivity contribution in [3.63, 3.8) is 0 Å². The topological polar surface area (TPSA) is 111 Å². The van der Waals surface area contributed by atoms with Crippen molar-refractivity contribution in [1.82, 2.24) is 21.0 Å². The van der Waals surface area contributed by atoms with E-state index in [0.717, 1.165) is 19.3 Å². The number of amides is 3. The standard InChI is InChI=1S/C15H28N4O4/c1-3-4-5-6-11(9-13(20)18-23)14(21)12-10-17-7-8-19(12)15(22)16-2/h11-12,17,23H,3-10H2,1-2H3,(H,16,22)(H,18,20)/t11-,12-/m0/s1. The molecule has 4 N–H and O–H groups in total. The minimum Gasteiger partial charge on any atom is -0.341 e. The number of piperazine rings is 1. The maximum Gasteiger partial charge on any atom is 0.317 e. The SMILES string of the molecule is CCCCC[C@@H](CC(=O)NO)C(=O)[C@@H]1CNCCN1C(=O)NC. The first-order chi connectivity index (χ1) is 11.0. The minimum atomic E-state index is -0.582. The molecule has 23 heavy (non-hydrogen) atoms. The molecule has 0 bridgehead atoms. The summed E-state index contributed by atoms with van der Waals surface area (Å²) in [6.45, 7) is 3.53. The molecule has 0 aromatic rings. The van der Waals surface area contributed by atoms with Gasteiger partial charge >= 0.3 is 6.03 Å². The highest BCUT2D eigenvalue weighted by molar-refractivity contribution is 5.93. The summed E-state index contributed by atoms with van der Waals surface area (Å²) in [5.41, 5.74) is 1.59. The smallest absolute Gasteiger partial charge is 0.317 e. The number of Topliss-reactive ketones (excluding diaryl/α,β-unsaturated/α-hetero) is 1. The van der Waals surface area contributed by atoms with Crippen LogP contribution in [0.3, 0.4) is 0 Å². The molecule has 1 rings (SSSR count). The Morgan fingerprint density at radius 1 is 1.35 bits per heavy atom. The van der Waals surface area contributed by atoms with Crippen LogP contribution in [0.15, 0.2) is 0 Å². The van der Waals surface area contributed by atoms with E-state index in [-0.39, 0.29) is 18.2 Å². The first-order valence-corrected chi connectivity index (χ1v) is 8.20. The zero-order chi connectivity index (χ0) is 17.2. The number of hydroxylamine groups is 1. The van der Waals surface area contributed by atoms with Crippen molar-refractivity contribution in [2.75, 3.05) is 26.7 Å². The van der Waals surface area contributed by atoms with Gasteiger partial charge in [0.1, 0.15) is 6.04 Å². The largest absolute Gasteiger partial charge is 0.341 e. The second-order valence-electron chi connectivity index (χ2n) is 5.80.